The molecular weight excluding hydrogens is 241 g/mol. The number of carboxylic acids is 1. The first kappa shape index (κ1) is 14.0. The Morgan fingerprint density at radius 1 is 1.53 bits per heavy atom. The van der Waals surface area contributed by atoms with Crippen molar-refractivity contribution in [2.24, 2.45) is 5.73 Å². The third-order valence-corrected chi connectivity index (χ3v) is 4.03. The van der Waals surface area contributed by atoms with Crippen LogP contribution in [0, 0.1) is 5.82 Å². The number of hydrogen-bond donors (Lipinski definition) is 2. The molecule has 3 N–H and O–H groups in total. The third-order valence-electron chi connectivity index (χ3n) is 2.57. The van der Waals surface area contributed by atoms with Gasteiger partial charge in [0.25, 0.3) is 0 Å². The van der Waals surface area contributed by atoms with Crippen LogP contribution in [0.2, 0.25) is 0 Å². The van der Waals surface area contributed by atoms with Crippen molar-refractivity contribution in [2.45, 2.75) is 30.4 Å². The predicted octanol–water partition coefficient (Wildman–Crippen LogP) is 2.25. The Morgan fingerprint density at radius 2 is 2.12 bits per heavy atom. The molecule has 1 atom stereocenters. The van der Waals surface area contributed by atoms with E-state index in [9.17, 15) is 9.18 Å². The van der Waals surface area contributed by atoms with Crippen LogP contribution in [0.4, 0.5) is 4.39 Å². The number of nitrogens with two attached hydrogens (primary N) is 1. The molecule has 94 valence electrons. The average molecular weight is 257 g/mol. The molecule has 0 aliphatic carbocycles. The summed E-state index contributed by atoms with van der Waals surface area (Å²) in [6.07, 6.45) is 0. The highest BCUT2D eigenvalue weighted by Crippen LogP contribution is 2.31. The molecule has 0 heterocycles. The molecule has 0 radical (unpaired) electrons. The van der Waals surface area contributed by atoms with Gasteiger partial charge in [0.05, 0.1) is 0 Å². The molecule has 0 aromatic heterocycles. The van der Waals surface area contributed by atoms with Gasteiger partial charge in [-0.05, 0) is 25.5 Å². The second kappa shape index (κ2) is 5.51. The van der Waals surface area contributed by atoms with Crippen molar-refractivity contribution in [1.29, 1.82) is 0 Å². The lowest BCUT2D eigenvalue weighted by Crippen LogP contribution is -2.46. The molecule has 0 spiro atoms. The molecule has 5 heteroatoms. The molecule has 0 bridgehead atoms. The fourth-order valence-electron chi connectivity index (χ4n) is 1.27. The maximum absolute atomic E-state index is 13.4. The van der Waals surface area contributed by atoms with E-state index in [1.807, 2.05) is 0 Å². The smallest absolute Gasteiger partial charge is 0.321 e. The summed E-state index contributed by atoms with van der Waals surface area (Å²) in [5, 5.41) is 8.86. The van der Waals surface area contributed by atoms with E-state index in [2.05, 4.69) is 0 Å². The Kier molecular flexibility index (Phi) is 4.54. The number of rotatable bonds is 5. The van der Waals surface area contributed by atoms with Crippen LogP contribution in [0.15, 0.2) is 24.3 Å². The van der Waals surface area contributed by atoms with Crippen molar-refractivity contribution < 1.29 is 14.3 Å². The first-order valence-electron chi connectivity index (χ1n) is 5.20. The maximum Gasteiger partial charge on any atom is 0.321 e. The summed E-state index contributed by atoms with van der Waals surface area (Å²) in [5.74, 6) is -0.920. The van der Waals surface area contributed by atoms with Crippen LogP contribution in [0.1, 0.15) is 19.4 Å². The van der Waals surface area contributed by atoms with Crippen LogP contribution in [0.5, 0.6) is 0 Å². The molecule has 0 fully saturated rings. The number of benzene rings is 1. The average Bonchev–Trinajstić information content (AvgIpc) is 2.27. The number of carboxylic acid groups (broad SMARTS) is 1. The highest BCUT2D eigenvalue weighted by atomic mass is 32.2. The number of carbonyl (C=O) groups is 1. The minimum atomic E-state index is -1.05. The molecule has 1 aromatic carbocycles. The summed E-state index contributed by atoms with van der Waals surface area (Å²) in [4.78, 5) is 10.8. The second-order valence-electron chi connectivity index (χ2n) is 4.30. The maximum atomic E-state index is 13.4. The van der Waals surface area contributed by atoms with Crippen molar-refractivity contribution >= 4 is 17.7 Å². The zero-order chi connectivity index (χ0) is 13.1. The first-order valence-corrected chi connectivity index (χ1v) is 6.19. The van der Waals surface area contributed by atoms with Crippen molar-refractivity contribution in [3.05, 3.63) is 35.6 Å². The Hall–Kier alpha value is -1.07. The molecule has 0 aliphatic rings. The van der Waals surface area contributed by atoms with Crippen molar-refractivity contribution in [1.82, 2.24) is 0 Å². The topological polar surface area (TPSA) is 63.3 Å². The van der Waals surface area contributed by atoms with E-state index < -0.39 is 16.8 Å². The fourth-order valence-corrected chi connectivity index (χ4v) is 2.31. The van der Waals surface area contributed by atoms with E-state index in [1.54, 1.807) is 32.0 Å². The molecule has 1 rings (SSSR count). The van der Waals surface area contributed by atoms with Crippen molar-refractivity contribution in [3.63, 3.8) is 0 Å². The third kappa shape index (κ3) is 3.71. The van der Waals surface area contributed by atoms with Gasteiger partial charge >= 0.3 is 5.97 Å². The van der Waals surface area contributed by atoms with Gasteiger partial charge in [-0.3, -0.25) is 4.79 Å². The van der Waals surface area contributed by atoms with E-state index in [0.717, 1.165) is 0 Å². The van der Waals surface area contributed by atoms with Crippen LogP contribution >= 0.6 is 11.8 Å². The zero-order valence-electron chi connectivity index (χ0n) is 9.81. The van der Waals surface area contributed by atoms with Crippen molar-refractivity contribution in [3.8, 4) is 0 Å². The molecule has 0 aliphatic heterocycles. The minimum absolute atomic E-state index is 0.278. The van der Waals surface area contributed by atoms with Gasteiger partial charge in [-0.1, -0.05) is 18.2 Å². The lowest BCUT2D eigenvalue weighted by molar-refractivity contribution is -0.139. The highest BCUT2D eigenvalue weighted by molar-refractivity contribution is 7.99. The van der Waals surface area contributed by atoms with Gasteiger partial charge in [0.1, 0.15) is 11.9 Å². The Labute approximate surface area is 104 Å². The molecular formula is C12H16FNO2S. The molecule has 17 heavy (non-hydrogen) atoms. The largest absolute Gasteiger partial charge is 0.480 e. The molecule has 3 nitrogen and oxygen atoms in total. The molecule has 1 aromatic rings. The minimum Gasteiger partial charge on any atom is -0.480 e. The van der Waals surface area contributed by atoms with Crippen LogP contribution in [-0.4, -0.2) is 21.9 Å². The van der Waals surface area contributed by atoms with Gasteiger partial charge in [-0.25, -0.2) is 4.39 Å². The molecule has 0 saturated carbocycles. The monoisotopic (exact) mass is 257 g/mol. The van der Waals surface area contributed by atoms with Gasteiger partial charge < -0.3 is 10.8 Å². The summed E-state index contributed by atoms with van der Waals surface area (Å²) >= 11 is 1.34. The molecule has 0 unspecified atom stereocenters. The lowest BCUT2D eigenvalue weighted by Gasteiger charge is -2.28. The number of halogens is 1. The number of hydrogen-bond acceptors (Lipinski definition) is 3. The summed E-state index contributed by atoms with van der Waals surface area (Å²) in [6.45, 7) is 3.49. The molecule has 0 saturated heterocycles. The Bertz CT molecular complexity index is 409. The summed E-state index contributed by atoms with van der Waals surface area (Å²) in [5.41, 5.74) is 6.14. The summed E-state index contributed by atoms with van der Waals surface area (Å²) in [7, 11) is 0. The van der Waals surface area contributed by atoms with Crippen LogP contribution < -0.4 is 5.73 Å². The second-order valence-corrected chi connectivity index (χ2v) is 5.93. The van der Waals surface area contributed by atoms with E-state index in [-0.39, 0.29) is 5.82 Å². The van der Waals surface area contributed by atoms with Crippen LogP contribution in [0.25, 0.3) is 0 Å². The highest BCUT2D eigenvalue weighted by Gasteiger charge is 2.32. The van der Waals surface area contributed by atoms with Gasteiger partial charge in [-0.15, -0.1) is 11.8 Å². The quantitative estimate of drug-likeness (QED) is 0.849. The van der Waals surface area contributed by atoms with E-state index in [0.29, 0.717) is 11.3 Å². The predicted molar refractivity (Wildman–Crippen MR) is 67.4 cm³/mol. The number of thioether (sulfide) groups is 1. The van der Waals surface area contributed by atoms with Gasteiger partial charge in [0, 0.05) is 10.5 Å². The van der Waals surface area contributed by atoms with Crippen LogP contribution in [0.3, 0.4) is 0 Å². The fraction of sp³-hybridized carbons (Fsp3) is 0.417. The van der Waals surface area contributed by atoms with Gasteiger partial charge in [0.15, 0.2) is 0 Å². The van der Waals surface area contributed by atoms with Gasteiger partial charge in [0.2, 0.25) is 0 Å². The Balaban J connectivity index is 2.67. The van der Waals surface area contributed by atoms with Crippen molar-refractivity contribution in [2.75, 3.05) is 0 Å². The normalized spacial score (nSPS) is 13.4. The van der Waals surface area contributed by atoms with Crippen LogP contribution in [-0.2, 0) is 10.5 Å². The molecule has 0 amide bonds. The lowest BCUT2D eigenvalue weighted by atomic mass is 10.1. The van der Waals surface area contributed by atoms with Gasteiger partial charge in [-0.2, -0.15) is 0 Å². The van der Waals surface area contributed by atoms with E-state index in [1.165, 1.54) is 17.8 Å². The first-order chi connectivity index (χ1) is 7.84. The zero-order valence-corrected chi connectivity index (χ0v) is 10.6. The van der Waals surface area contributed by atoms with E-state index >= 15 is 0 Å². The summed E-state index contributed by atoms with van der Waals surface area (Å²) in [6, 6.07) is 5.48. The summed E-state index contributed by atoms with van der Waals surface area (Å²) < 4.78 is 12.7. The SMILES string of the molecule is CC(C)(SCc1ccccc1F)[C@@H](N)C(=O)O. The van der Waals surface area contributed by atoms with E-state index in [4.69, 9.17) is 10.8 Å². The Morgan fingerprint density at radius 3 is 2.65 bits per heavy atom. The standard InChI is InChI=1S/C12H16FNO2S/c1-12(2,10(14)11(15)16)17-7-8-5-3-4-6-9(8)13/h3-6,10H,7,14H2,1-2H3,(H,15,16)/t10-/m0/s1. The number of aliphatic carboxylic acids is 1.